The monoisotopic (exact) mass is 359 g/mol. The number of ether oxygens (including phenoxy) is 1. The Balaban J connectivity index is 1.46. The van der Waals surface area contributed by atoms with Crippen molar-refractivity contribution in [2.24, 2.45) is 11.8 Å². The van der Waals surface area contributed by atoms with Crippen LogP contribution in [-0.2, 0) is 9.59 Å². The maximum atomic E-state index is 12.5. The van der Waals surface area contributed by atoms with E-state index < -0.39 is 12.0 Å². The Labute approximate surface area is 153 Å². The van der Waals surface area contributed by atoms with E-state index in [1.807, 2.05) is 0 Å². The van der Waals surface area contributed by atoms with Crippen molar-refractivity contribution in [3.05, 3.63) is 29.8 Å². The molecule has 6 nitrogen and oxygen atoms in total. The van der Waals surface area contributed by atoms with Gasteiger partial charge < -0.3 is 14.7 Å². The molecule has 3 rings (SSSR count). The van der Waals surface area contributed by atoms with E-state index in [9.17, 15) is 19.5 Å². The van der Waals surface area contributed by atoms with Crippen LogP contribution in [0.15, 0.2) is 24.3 Å². The molecule has 3 unspecified atom stereocenters. The van der Waals surface area contributed by atoms with Gasteiger partial charge in [-0.2, -0.15) is 0 Å². The van der Waals surface area contributed by atoms with Gasteiger partial charge in [0.05, 0.1) is 6.61 Å². The van der Waals surface area contributed by atoms with Crippen molar-refractivity contribution >= 4 is 17.7 Å². The third-order valence-electron chi connectivity index (χ3n) is 5.53. The lowest BCUT2D eigenvalue weighted by Gasteiger charge is -2.24. The number of ketones is 1. The first-order valence-electron chi connectivity index (χ1n) is 9.23. The summed E-state index contributed by atoms with van der Waals surface area (Å²) in [4.78, 5) is 36.9. The van der Waals surface area contributed by atoms with Crippen LogP contribution in [0, 0.1) is 11.8 Å². The Kier molecular flexibility index (Phi) is 5.59. The first-order chi connectivity index (χ1) is 12.5. The molecule has 1 heterocycles. The summed E-state index contributed by atoms with van der Waals surface area (Å²) in [5.41, 5.74) is 0.631. The number of benzene rings is 1. The van der Waals surface area contributed by atoms with Gasteiger partial charge in [0, 0.05) is 18.5 Å². The number of hydrogen-bond donors (Lipinski definition) is 1. The zero-order valence-corrected chi connectivity index (χ0v) is 15.0. The van der Waals surface area contributed by atoms with Crippen LogP contribution < -0.4 is 4.74 Å². The summed E-state index contributed by atoms with van der Waals surface area (Å²) in [5, 5.41) is 9.52. The lowest BCUT2D eigenvalue weighted by atomic mass is 9.94. The predicted octanol–water partition coefficient (Wildman–Crippen LogP) is 2.76. The van der Waals surface area contributed by atoms with Crippen molar-refractivity contribution in [1.29, 1.82) is 0 Å². The molecule has 1 aromatic rings. The van der Waals surface area contributed by atoms with Crippen LogP contribution in [0.25, 0.3) is 0 Å². The Bertz CT molecular complexity index is 684. The van der Waals surface area contributed by atoms with Gasteiger partial charge in [-0.1, -0.05) is 6.42 Å². The van der Waals surface area contributed by atoms with E-state index >= 15 is 0 Å². The summed E-state index contributed by atoms with van der Waals surface area (Å²) < 4.78 is 5.60. The maximum Gasteiger partial charge on any atom is 0.326 e. The molecule has 1 N–H and O–H groups in total. The van der Waals surface area contributed by atoms with E-state index in [0.29, 0.717) is 36.8 Å². The molecule has 3 atom stereocenters. The maximum absolute atomic E-state index is 12.5. The third kappa shape index (κ3) is 3.89. The predicted molar refractivity (Wildman–Crippen MR) is 95.1 cm³/mol. The number of carbonyl (C=O) groups is 3. The number of aliphatic carboxylic acids is 1. The highest BCUT2D eigenvalue weighted by Gasteiger charge is 2.49. The number of Topliss-reactive ketones (excluding diaryl/α,β-unsaturated/α-hetero) is 1. The van der Waals surface area contributed by atoms with Crippen molar-refractivity contribution in [2.45, 2.75) is 45.1 Å². The number of likely N-dealkylation sites (tertiary alicyclic amines) is 1. The first kappa shape index (κ1) is 18.4. The van der Waals surface area contributed by atoms with Crippen LogP contribution in [-0.4, -0.2) is 46.9 Å². The number of carboxylic acids is 1. The average molecular weight is 359 g/mol. The molecule has 0 spiro atoms. The molecule has 1 aromatic carbocycles. The number of rotatable bonds is 7. The van der Waals surface area contributed by atoms with Gasteiger partial charge in [0.1, 0.15) is 11.8 Å². The van der Waals surface area contributed by atoms with Crippen LogP contribution in [0.4, 0.5) is 0 Å². The third-order valence-corrected chi connectivity index (χ3v) is 5.53. The van der Waals surface area contributed by atoms with Gasteiger partial charge in [0.25, 0.3) is 0 Å². The molecule has 1 amide bonds. The van der Waals surface area contributed by atoms with E-state index in [1.165, 1.54) is 6.92 Å². The number of fused-ring (bicyclic) bond motifs is 1. The fourth-order valence-corrected chi connectivity index (χ4v) is 4.22. The lowest BCUT2D eigenvalue weighted by molar-refractivity contribution is -0.149. The minimum Gasteiger partial charge on any atom is -0.494 e. The van der Waals surface area contributed by atoms with Gasteiger partial charge >= 0.3 is 5.97 Å². The molecular weight excluding hydrogens is 334 g/mol. The van der Waals surface area contributed by atoms with Gasteiger partial charge in [0.2, 0.25) is 5.91 Å². The van der Waals surface area contributed by atoms with Crippen molar-refractivity contribution in [3.8, 4) is 5.75 Å². The number of hydrogen-bond acceptors (Lipinski definition) is 4. The highest BCUT2D eigenvalue weighted by atomic mass is 16.5. The number of amides is 1. The zero-order valence-electron chi connectivity index (χ0n) is 15.0. The van der Waals surface area contributed by atoms with Crippen LogP contribution in [0.3, 0.4) is 0 Å². The van der Waals surface area contributed by atoms with E-state index in [2.05, 4.69) is 0 Å². The van der Waals surface area contributed by atoms with Gasteiger partial charge in [-0.3, -0.25) is 9.59 Å². The minimum absolute atomic E-state index is 0.00510. The highest BCUT2D eigenvalue weighted by Crippen LogP contribution is 2.42. The molecule has 2 fully saturated rings. The van der Waals surface area contributed by atoms with Crippen LogP contribution in [0.1, 0.15) is 49.4 Å². The van der Waals surface area contributed by atoms with Gasteiger partial charge in [-0.15, -0.1) is 0 Å². The molecule has 1 saturated heterocycles. The van der Waals surface area contributed by atoms with Crippen molar-refractivity contribution < 1.29 is 24.2 Å². The van der Waals surface area contributed by atoms with Crippen LogP contribution in [0.5, 0.6) is 5.75 Å². The standard InChI is InChI=1S/C20H25NO5/c1-13(22)14-7-9-16(10-8-14)26-11-3-6-18(23)21-12-15-4-2-5-17(15)19(21)20(24)25/h7-10,15,17,19H,2-6,11-12H2,1H3,(H,24,25). The summed E-state index contributed by atoms with van der Waals surface area (Å²) in [6.45, 7) is 2.47. The molecule has 6 heteroatoms. The van der Waals surface area contributed by atoms with E-state index in [1.54, 1.807) is 29.2 Å². The summed E-state index contributed by atoms with van der Waals surface area (Å²) in [5.74, 6) is 0.146. The first-order valence-corrected chi connectivity index (χ1v) is 9.23. The normalized spacial score (nSPS) is 24.3. The van der Waals surface area contributed by atoms with Gasteiger partial charge in [0.15, 0.2) is 5.78 Å². The lowest BCUT2D eigenvalue weighted by Crippen LogP contribution is -2.43. The number of carboxylic acid groups (broad SMARTS) is 1. The highest BCUT2D eigenvalue weighted by molar-refractivity contribution is 5.94. The average Bonchev–Trinajstić information content (AvgIpc) is 3.19. The van der Waals surface area contributed by atoms with Crippen molar-refractivity contribution in [3.63, 3.8) is 0 Å². The Morgan fingerprint density at radius 1 is 1.19 bits per heavy atom. The number of carbonyl (C=O) groups excluding carboxylic acids is 2. The molecule has 1 aliphatic carbocycles. The topological polar surface area (TPSA) is 83.9 Å². The molecule has 1 aliphatic heterocycles. The van der Waals surface area contributed by atoms with Crippen LogP contribution in [0.2, 0.25) is 0 Å². The van der Waals surface area contributed by atoms with Gasteiger partial charge in [-0.25, -0.2) is 4.79 Å². The quantitative estimate of drug-likeness (QED) is 0.598. The molecule has 0 radical (unpaired) electrons. The Hall–Kier alpha value is -2.37. The van der Waals surface area contributed by atoms with Crippen LogP contribution >= 0.6 is 0 Å². The second-order valence-corrected chi connectivity index (χ2v) is 7.22. The van der Waals surface area contributed by atoms with E-state index in [-0.39, 0.29) is 24.0 Å². The van der Waals surface area contributed by atoms with E-state index in [0.717, 1.165) is 19.3 Å². The zero-order chi connectivity index (χ0) is 18.7. The Morgan fingerprint density at radius 3 is 2.58 bits per heavy atom. The molecular formula is C20H25NO5. The number of nitrogens with zero attached hydrogens (tertiary/aromatic N) is 1. The van der Waals surface area contributed by atoms with Crippen molar-refractivity contribution in [2.75, 3.05) is 13.2 Å². The summed E-state index contributed by atoms with van der Waals surface area (Å²) in [6.07, 6.45) is 3.82. The minimum atomic E-state index is -0.880. The molecule has 0 bridgehead atoms. The smallest absolute Gasteiger partial charge is 0.326 e. The largest absolute Gasteiger partial charge is 0.494 e. The van der Waals surface area contributed by atoms with Gasteiger partial charge in [-0.05, 0) is 62.3 Å². The summed E-state index contributed by atoms with van der Waals surface area (Å²) in [6, 6.07) is 6.24. The fraction of sp³-hybridized carbons (Fsp3) is 0.550. The molecule has 0 aromatic heterocycles. The molecule has 26 heavy (non-hydrogen) atoms. The summed E-state index contributed by atoms with van der Waals surface area (Å²) in [7, 11) is 0. The second-order valence-electron chi connectivity index (χ2n) is 7.22. The van der Waals surface area contributed by atoms with Crippen molar-refractivity contribution in [1.82, 2.24) is 4.90 Å². The molecule has 140 valence electrons. The molecule has 1 saturated carbocycles. The Morgan fingerprint density at radius 2 is 1.92 bits per heavy atom. The summed E-state index contributed by atoms with van der Waals surface area (Å²) >= 11 is 0. The SMILES string of the molecule is CC(=O)c1ccc(OCCCC(=O)N2CC3CCCC3C2C(=O)O)cc1. The van der Waals surface area contributed by atoms with E-state index in [4.69, 9.17) is 4.74 Å². The molecule has 2 aliphatic rings. The second kappa shape index (κ2) is 7.89. The fourth-order valence-electron chi connectivity index (χ4n) is 4.22.